The van der Waals surface area contributed by atoms with Gasteiger partial charge in [0.2, 0.25) is 0 Å². The molecule has 15 atom stereocenters. The van der Waals surface area contributed by atoms with Crippen LogP contribution >= 0.6 is 0 Å². The molecule has 0 spiro atoms. The molecule has 6 saturated heterocycles. The molecule has 0 N–H and O–H groups in total. The zero-order valence-corrected chi connectivity index (χ0v) is 36.2. The summed E-state index contributed by atoms with van der Waals surface area (Å²) in [5.74, 6) is 0. The maximum atomic E-state index is 7.24. The van der Waals surface area contributed by atoms with Crippen LogP contribution in [0.4, 0.5) is 0 Å². The average molecular weight is 837 g/mol. The minimum absolute atomic E-state index is 0.0334. The normalized spacial score (nSPS) is 43.4. The third kappa shape index (κ3) is 8.55. The van der Waals surface area contributed by atoms with Gasteiger partial charge in [0, 0.05) is 44.3 Å². The molecule has 3 aromatic rings. The lowest BCUT2D eigenvalue weighted by Crippen LogP contribution is -2.71. The van der Waals surface area contributed by atoms with Crippen LogP contribution in [0.25, 0.3) is 0 Å². The first-order valence-electron chi connectivity index (χ1n) is 22.9. The molecule has 7 heterocycles. The largest absolute Gasteiger partial charge is 0.377 e. The Labute approximate surface area is 361 Å². The smallest absolute Gasteiger partial charge is 0.184 e. The topological polar surface area (TPSA) is 92.3 Å². The molecule has 10 nitrogen and oxygen atoms in total. The standard InChI is InChI=1S/C51H64O10/c1-48-24-14-23-38-39(57-46(48)30-49(2)43(60-48)29-42-50(3,61-49)33-54-47(58-42)36-20-12-7-13-21-36)27-41-40(56-38)28-45-51(4,59-41)44(53-32-35-18-10-6-11-19-35)26-37(55-45)22-15-25-52-31-34-16-8-5-9-17-34/h5-14,16-21,23,37-47H,15,22,24-33H2,1-4H3/b23-14-/t37-,38-,39+,40+,41-,42+,43-,44+,45-,46-,47-,48+,49+,50-,51+/m1/s1. The maximum absolute atomic E-state index is 7.24. The molecular formula is C51H64O10. The highest BCUT2D eigenvalue weighted by atomic mass is 16.7. The summed E-state index contributed by atoms with van der Waals surface area (Å²) >= 11 is 0. The molecule has 0 aliphatic carbocycles. The van der Waals surface area contributed by atoms with Crippen molar-refractivity contribution < 1.29 is 47.4 Å². The molecule has 328 valence electrons. The van der Waals surface area contributed by atoms with Crippen LogP contribution in [0, 0.1) is 0 Å². The Morgan fingerprint density at radius 1 is 0.623 bits per heavy atom. The Balaban J connectivity index is 0.819. The Bertz CT molecular complexity index is 1950. The molecule has 0 aromatic heterocycles. The van der Waals surface area contributed by atoms with Gasteiger partial charge < -0.3 is 47.4 Å². The predicted octanol–water partition coefficient (Wildman–Crippen LogP) is 8.74. The highest BCUT2D eigenvalue weighted by Gasteiger charge is 2.63. The van der Waals surface area contributed by atoms with Crippen molar-refractivity contribution in [2.24, 2.45) is 0 Å². The van der Waals surface area contributed by atoms with E-state index < -0.39 is 28.7 Å². The minimum Gasteiger partial charge on any atom is -0.377 e. The highest BCUT2D eigenvalue weighted by molar-refractivity contribution is 5.19. The van der Waals surface area contributed by atoms with Gasteiger partial charge >= 0.3 is 0 Å². The predicted molar refractivity (Wildman–Crippen MR) is 228 cm³/mol. The van der Waals surface area contributed by atoms with E-state index in [0.29, 0.717) is 45.7 Å². The molecule has 7 aliphatic rings. The van der Waals surface area contributed by atoms with E-state index in [2.05, 4.69) is 88.4 Å². The van der Waals surface area contributed by atoms with E-state index in [1.54, 1.807) is 0 Å². The van der Waals surface area contributed by atoms with Crippen molar-refractivity contribution in [3.8, 4) is 0 Å². The van der Waals surface area contributed by atoms with Gasteiger partial charge in [-0.05, 0) is 58.1 Å². The van der Waals surface area contributed by atoms with Crippen LogP contribution in [0.15, 0.2) is 103 Å². The Morgan fingerprint density at radius 2 is 1.36 bits per heavy atom. The Hall–Kier alpha value is -3.00. The van der Waals surface area contributed by atoms with E-state index in [4.69, 9.17) is 47.4 Å². The van der Waals surface area contributed by atoms with Crippen LogP contribution in [-0.4, -0.2) is 96.7 Å². The minimum atomic E-state index is -0.654. The van der Waals surface area contributed by atoms with Crippen LogP contribution in [0.2, 0.25) is 0 Å². The van der Waals surface area contributed by atoms with Gasteiger partial charge in [-0.25, -0.2) is 0 Å². The first-order valence-corrected chi connectivity index (χ1v) is 22.9. The molecule has 61 heavy (non-hydrogen) atoms. The van der Waals surface area contributed by atoms with E-state index >= 15 is 0 Å². The van der Waals surface area contributed by atoms with Crippen LogP contribution in [-0.2, 0) is 60.6 Å². The summed E-state index contributed by atoms with van der Waals surface area (Å²) in [6, 6.07) is 30.9. The van der Waals surface area contributed by atoms with Crippen molar-refractivity contribution in [1.82, 2.24) is 0 Å². The van der Waals surface area contributed by atoms with Crippen LogP contribution in [0.1, 0.15) is 102 Å². The molecule has 0 unspecified atom stereocenters. The molecule has 0 radical (unpaired) electrons. The lowest BCUT2D eigenvalue weighted by Gasteiger charge is -2.61. The van der Waals surface area contributed by atoms with Gasteiger partial charge in [-0.1, -0.05) is 103 Å². The Kier molecular flexibility index (Phi) is 11.8. The lowest BCUT2D eigenvalue weighted by atomic mass is 9.73. The first kappa shape index (κ1) is 42.0. The summed E-state index contributed by atoms with van der Waals surface area (Å²) in [6.45, 7) is 10.9. The molecule has 10 rings (SSSR count). The zero-order valence-electron chi connectivity index (χ0n) is 36.2. The Morgan fingerprint density at radius 3 is 2.13 bits per heavy atom. The first-order chi connectivity index (χ1) is 29.6. The third-order valence-electron chi connectivity index (χ3n) is 14.8. The summed E-state index contributed by atoms with van der Waals surface area (Å²) in [5.41, 5.74) is 0.935. The number of hydrogen-bond acceptors (Lipinski definition) is 10. The summed E-state index contributed by atoms with van der Waals surface area (Å²) in [5, 5.41) is 0. The van der Waals surface area contributed by atoms with Crippen molar-refractivity contribution in [2.75, 3.05) is 13.2 Å². The van der Waals surface area contributed by atoms with Gasteiger partial charge in [0.05, 0.1) is 86.0 Å². The van der Waals surface area contributed by atoms with Gasteiger partial charge in [0.15, 0.2) is 6.29 Å². The highest BCUT2D eigenvalue weighted by Crippen LogP contribution is 2.53. The van der Waals surface area contributed by atoms with E-state index in [9.17, 15) is 0 Å². The summed E-state index contributed by atoms with van der Waals surface area (Å²) in [4.78, 5) is 0. The summed E-state index contributed by atoms with van der Waals surface area (Å²) in [7, 11) is 0. The molecule has 0 bridgehead atoms. The average Bonchev–Trinajstić information content (AvgIpc) is 3.25. The van der Waals surface area contributed by atoms with Gasteiger partial charge in [-0.2, -0.15) is 0 Å². The van der Waals surface area contributed by atoms with E-state index in [1.165, 1.54) is 5.56 Å². The molecule has 0 saturated carbocycles. The van der Waals surface area contributed by atoms with E-state index in [1.807, 2.05) is 42.5 Å². The van der Waals surface area contributed by atoms with Crippen molar-refractivity contribution in [2.45, 2.75) is 182 Å². The third-order valence-corrected chi connectivity index (χ3v) is 14.8. The second-order valence-corrected chi connectivity index (χ2v) is 19.5. The van der Waals surface area contributed by atoms with Gasteiger partial charge in [0.1, 0.15) is 17.3 Å². The molecule has 7 aliphatic heterocycles. The second kappa shape index (κ2) is 17.2. The fraction of sp³-hybridized carbons (Fsp3) is 0.608. The summed E-state index contributed by atoms with van der Waals surface area (Å²) < 4.78 is 68.4. The van der Waals surface area contributed by atoms with Gasteiger partial charge in [-0.3, -0.25) is 0 Å². The molecule has 0 amide bonds. The van der Waals surface area contributed by atoms with Crippen LogP contribution in [0.5, 0.6) is 0 Å². The quantitative estimate of drug-likeness (QED) is 0.146. The molecule has 6 fully saturated rings. The number of benzene rings is 3. The van der Waals surface area contributed by atoms with Gasteiger partial charge in [-0.15, -0.1) is 0 Å². The number of ether oxygens (including phenoxy) is 10. The molecular weight excluding hydrogens is 773 g/mol. The SMILES string of the molecule is C[C@@]12O[C@@H]3C[C@@H]4O[C@@H]5C[C@]6(C)O[C@]7(C)CO[C@@H](c8ccccc8)O[C@H]7C[C@H]6O[C@@]5(C)C/C=C\[C@H]4O[C@H]3C[C@H]1O[C@H](CCCOCc1ccccc1)C[C@@H]2OCc1ccccc1. The number of hydrogen-bond donors (Lipinski definition) is 0. The molecule has 10 heteroatoms. The van der Waals surface area contributed by atoms with Crippen molar-refractivity contribution in [1.29, 1.82) is 0 Å². The van der Waals surface area contributed by atoms with E-state index in [0.717, 1.165) is 43.2 Å². The summed E-state index contributed by atoms with van der Waals surface area (Å²) in [6.07, 6.45) is 8.52. The monoisotopic (exact) mass is 836 g/mol. The van der Waals surface area contributed by atoms with E-state index in [-0.39, 0.29) is 61.0 Å². The van der Waals surface area contributed by atoms with Crippen molar-refractivity contribution >= 4 is 0 Å². The number of rotatable bonds is 10. The second-order valence-electron chi connectivity index (χ2n) is 19.5. The van der Waals surface area contributed by atoms with Crippen LogP contribution in [0.3, 0.4) is 0 Å². The van der Waals surface area contributed by atoms with Crippen molar-refractivity contribution in [3.63, 3.8) is 0 Å². The van der Waals surface area contributed by atoms with Crippen LogP contribution < -0.4 is 0 Å². The lowest BCUT2D eigenvalue weighted by molar-refractivity contribution is -0.390. The fourth-order valence-electron chi connectivity index (χ4n) is 11.2. The van der Waals surface area contributed by atoms with Crippen molar-refractivity contribution in [3.05, 3.63) is 120 Å². The maximum Gasteiger partial charge on any atom is 0.184 e. The fourth-order valence-corrected chi connectivity index (χ4v) is 11.2. The molecule has 3 aromatic carbocycles. The zero-order chi connectivity index (χ0) is 41.7. The number of fused-ring (bicyclic) bond motifs is 6. The van der Waals surface area contributed by atoms with Gasteiger partial charge in [0.25, 0.3) is 0 Å².